The third-order valence-corrected chi connectivity index (χ3v) is 9.49. The molecule has 1 aromatic carbocycles. The molecule has 3 aliphatic carbocycles. The Hall–Kier alpha value is -1.13. The fourth-order valence-electron chi connectivity index (χ4n) is 7.60. The maximum absolute atomic E-state index is 14.1. The SMILES string of the molecule is CCCCCCC1CCC2CC(C3CCC(c4cc(F)c(C(F)(F)F)c(F)c4)CC3)CCC2C1. The van der Waals surface area contributed by atoms with Gasteiger partial charge in [-0.25, -0.2) is 8.78 Å². The van der Waals surface area contributed by atoms with Crippen molar-refractivity contribution in [3.8, 4) is 0 Å². The molecule has 0 radical (unpaired) electrons. The van der Waals surface area contributed by atoms with Crippen molar-refractivity contribution in [3.05, 3.63) is 34.9 Å². The van der Waals surface area contributed by atoms with Gasteiger partial charge < -0.3 is 0 Å². The molecule has 0 bridgehead atoms. The van der Waals surface area contributed by atoms with Crippen LogP contribution in [0.3, 0.4) is 0 Å². The Morgan fingerprint density at radius 1 is 0.706 bits per heavy atom. The van der Waals surface area contributed by atoms with Gasteiger partial charge in [-0.15, -0.1) is 0 Å². The van der Waals surface area contributed by atoms with E-state index in [1.165, 1.54) is 70.6 Å². The van der Waals surface area contributed by atoms with E-state index >= 15 is 0 Å². The predicted molar refractivity (Wildman–Crippen MR) is 126 cm³/mol. The van der Waals surface area contributed by atoms with Crippen LogP contribution < -0.4 is 0 Å². The Morgan fingerprint density at radius 2 is 1.26 bits per heavy atom. The first kappa shape index (κ1) is 25.9. The van der Waals surface area contributed by atoms with E-state index in [0.717, 1.165) is 61.5 Å². The van der Waals surface area contributed by atoms with Crippen molar-refractivity contribution in [3.63, 3.8) is 0 Å². The Morgan fingerprint density at radius 3 is 1.88 bits per heavy atom. The van der Waals surface area contributed by atoms with E-state index in [1.54, 1.807) is 0 Å². The first-order chi connectivity index (χ1) is 16.3. The molecule has 0 aliphatic heterocycles. The number of hydrogen-bond acceptors (Lipinski definition) is 0. The van der Waals surface area contributed by atoms with Gasteiger partial charge in [-0.3, -0.25) is 0 Å². The average molecular weight is 485 g/mol. The van der Waals surface area contributed by atoms with Crippen molar-refractivity contribution in [2.45, 2.75) is 115 Å². The third kappa shape index (κ3) is 6.16. The summed E-state index contributed by atoms with van der Waals surface area (Å²) in [5.41, 5.74) is -1.38. The minimum atomic E-state index is -5.00. The normalized spacial score (nSPS) is 32.4. The molecule has 0 spiro atoms. The Bertz CT molecular complexity index is 769. The molecule has 0 heterocycles. The Balaban J connectivity index is 1.26. The van der Waals surface area contributed by atoms with E-state index in [1.807, 2.05) is 0 Å². The van der Waals surface area contributed by atoms with Gasteiger partial charge in [0.05, 0.1) is 0 Å². The number of fused-ring (bicyclic) bond motifs is 1. The van der Waals surface area contributed by atoms with Crippen LogP contribution in [0.1, 0.15) is 120 Å². The third-order valence-electron chi connectivity index (χ3n) is 9.49. The van der Waals surface area contributed by atoms with E-state index in [2.05, 4.69) is 6.92 Å². The molecular formula is C29H41F5. The Labute approximate surface area is 202 Å². The largest absolute Gasteiger partial charge is 0.422 e. The van der Waals surface area contributed by atoms with Crippen molar-refractivity contribution in [2.75, 3.05) is 0 Å². The average Bonchev–Trinajstić information content (AvgIpc) is 2.80. The zero-order valence-corrected chi connectivity index (χ0v) is 20.6. The highest BCUT2D eigenvalue weighted by Gasteiger charge is 2.40. The molecule has 4 atom stereocenters. The zero-order valence-electron chi connectivity index (χ0n) is 20.6. The fraction of sp³-hybridized carbons (Fsp3) is 0.793. The molecule has 34 heavy (non-hydrogen) atoms. The second-order valence-corrected chi connectivity index (χ2v) is 11.6. The molecule has 0 nitrogen and oxygen atoms in total. The van der Waals surface area contributed by atoms with E-state index in [0.29, 0.717) is 11.5 Å². The summed E-state index contributed by atoms with van der Waals surface area (Å²) >= 11 is 0. The lowest BCUT2D eigenvalue weighted by Gasteiger charge is -2.45. The lowest BCUT2D eigenvalue weighted by molar-refractivity contribution is -0.142. The molecule has 1 aromatic rings. The van der Waals surface area contributed by atoms with Crippen LogP contribution in [0, 0.1) is 41.2 Å². The quantitative estimate of drug-likeness (QED) is 0.267. The minimum Gasteiger partial charge on any atom is -0.206 e. The van der Waals surface area contributed by atoms with Gasteiger partial charge >= 0.3 is 6.18 Å². The number of alkyl halides is 3. The van der Waals surface area contributed by atoms with Crippen LogP contribution in [0.25, 0.3) is 0 Å². The van der Waals surface area contributed by atoms with Crippen molar-refractivity contribution in [1.29, 1.82) is 0 Å². The van der Waals surface area contributed by atoms with Gasteiger partial charge in [-0.05, 0) is 111 Å². The highest BCUT2D eigenvalue weighted by Crippen LogP contribution is 2.50. The van der Waals surface area contributed by atoms with E-state index in [4.69, 9.17) is 0 Å². The van der Waals surface area contributed by atoms with E-state index in [-0.39, 0.29) is 5.92 Å². The van der Waals surface area contributed by atoms with Crippen LogP contribution in [0.15, 0.2) is 12.1 Å². The van der Waals surface area contributed by atoms with Crippen LogP contribution in [-0.2, 0) is 6.18 Å². The summed E-state index contributed by atoms with van der Waals surface area (Å²) in [5, 5.41) is 0. The van der Waals surface area contributed by atoms with Gasteiger partial charge in [0.2, 0.25) is 0 Å². The zero-order chi connectivity index (χ0) is 24.3. The van der Waals surface area contributed by atoms with Crippen LogP contribution in [-0.4, -0.2) is 0 Å². The predicted octanol–water partition coefficient (Wildman–Crippen LogP) is 10.1. The molecule has 0 aromatic heterocycles. The lowest BCUT2D eigenvalue weighted by Crippen LogP contribution is -2.34. The highest BCUT2D eigenvalue weighted by atomic mass is 19.4. The molecule has 0 amide bonds. The van der Waals surface area contributed by atoms with Gasteiger partial charge in [0.15, 0.2) is 0 Å². The molecule has 4 rings (SSSR count). The summed E-state index contributed by atoms with van der Waals surface area (Å²) < 4.78 is 66.8. The van der Waals surface area contributed by atoms with E-state index < -0.39 is 23.4 Å². The van der Waals surface area contributed by atoms with Gasteiger partial charge in [-0.1, -0.05) is 45.4 Å². The minimum absolute atomic E-state index is 0.0398. The van der Waals surface area contributed by atoms with Crippen molar-refractivity contribution in [1.82, 2.24) is 0 Å². The molecular weight excluding hydrogens is 443 g/mol. The number of halogens is 5. The summed E-state index contributed by atoms with van der Waals surface area (Å²) in [6.07, 6.45) is 13.8. The molecule has 3 fully saturated rings. The van der Waals surface area contributed by atoms with E-state index in [9.17, 15) is 22.0 Å². The number of hydrogen-bond donors (Lipinski definition) is 0. The summed E-state index contributed by atoms with van der Waals surface area (Å²) in [4.78, 5) is 0. The monoisotopic (exact) mass is 484 g/mol. The van der Waals surface area contributed by atoms with Crippen molar-refractivity contribution in [2.24, 2.45) is 29.6 Å². The van der Waals surface area contributed by atoms with Crippen LogP contribution in [0.2, 0.25) is 0 Å². The van der Waals surface area contributed by atoms with Gasteiger partial charge in [-0.2, -0.15) is 13.2 Å². The maximum atomic E-state index is 14.1. The summed E-state index contributed by atoms with van der Waals surface area (Å²) in [7, 11) is 0. The van der Waals surface area contributed by atoms with Gasteiger partial charge in [0.25, 0.3) is 0 Å². The van der Waals surface area contributed by atoms with Crippen LogP contribution in [0.5, 0.6) is 0 Å². The smallest absolute Gasteiger partial charge is 0.206 e. The highest BCUT2D eigenvalue weighted by molar-refractivity contribution is 5.30. The maximum Gasteiger partial charge on any atom is 0.422 e. The first-order valence-corrected chi connectivity index (χ1v) is 13.8. The standard InChI is InChI=1S/C29H41F5/c1-2-3-4-5-6-19-7-8-24-16-23(14-13-22(24)15-19)20-9-11-21(12-10-20)25-17-26(30)28(27(31)18-25)29(32,33)34/h17-24H,2-16H2,1H3. The van der Waals surface area contributed by atoms with Crippen LogP contribution >= 0.6 is 0 Å². The lowest BCUT2D eigenvalue weighted by atomic mass is 9.60. The number of benzene rings is 1. The summed E-state index contributed by atoms with van der Waals surface area (Å²) in [6.45, 7) is 2.27. The molecule has 3 aliphatic rings. The van der Waals surface area contributed by atoms with Crippen molar-refractivity contribution < 1.29 is 22.0 Å². The second-order valence-electron chi connectivity index (χ2n) is 11.6. The van der Waals surface area contributed by atoms with Crippen LogP contribution in [0.4, 0.5) is 22.0 Å². The second kappa shape index (κ2) is 11.3. The number of rotatable bonds is 7. The molecule has 192 valence electrons. The molecule has 5 heteroatoms. The first-order valence-electron chi connectivity index (χ1n) is 13.8. The molecule has 4 unspecified atom stereocenters. The topological polar surface area (TPSA) is 0 Å². The van der Waals surface area contributed by atoms with Gasteiger partial charge in [0, 0.05) is 0 Å². The molecule has 0 N–H and O–H groups in total. The van der Waals surface area contributed by atoms with Crippen molar-refractivity contribution >= 4 is 0 Å². The summed E-state index contributed by atoms with van der Waals surface area (Å²) in [6, 6.07) is 1.84. The molecule has 0 saturated heterocycles. The Kier molecular flexibility index (Phi) is 8.61. The van der Waals surface area contributed by atoms with Gasteiger partial charge in [0.1, 0.15) is 17.2 Å². The molecule has 3 saturated carbocycles. The summed E-state index contributed by atoms with van der Waals surface area (Å²) in [5.74, 6) is 1.14. The fourth-order valence-corrected chi connectivity index (χ4v) is 7.60. The number of unbranched alkanes of at least 4 members (excludes halogenated alkanes) is 3.